The molecule has 4 aromatic rings. The summed E-state index contributed by atoms with van der Waals surface area (Å²) in [5.41, 5.74) is 6.95. The fourth-order valence-electron chi connectivity index (χ4n) is 3.70. The quantitative estimate of drug-likeness (QED) is 0.454. The number of nitrogens with one attached hydrogen (secondary N) is 1. The van der Waals surface area contributed by atoms with Crippen LogP contribution in [0.1, 0.15) is 27.0 Å². The summed E-state index contributed by atoms with van der Waals surface area (Å²) in [5.74, 6) is 0.451. The number of nitrogens with zero attached hydrogens (tertiary/aromatic N) is 1. The summed E-state index contributed by atoms with van der Waals surface area (Å²) in [6, 6.07) is 21.7. The highest BCUT2D eigenvalue weighted by Gasteiger charge is 2.20. The smallest absolute Gasteiger partial charge is 0.256 e. The van der Waals surface area contributed by atoms with Crippen LogP contribution in [-0.2, 0) is 0 Å². The van der Waals surface area contributed by atoms with Gasteiger partial charge in [0.15, 0.2) is 0 Å². The molecular formula is C26H24N2O2. The second kappa shape index (κ2) is 7.99. The Bertz CT molecular complexity index is 1240. The molecular weight excluding hydrogens is 372 g/mol. The second-order valence-corrected chi connectivity index (χ2v) is 7.50. The van der Waals surface area contributed by atoms with Crippen LogP contribution >= 0.6 is 0 Å². The Hall–Kier alpha value is -3.66. The first-order valence-electron chi connectivity index (χ1n) is 9.90. The van der Waals surface area contributed by atoms with Crippen molar-refractivity contribution in [3.63, 3.8) is 0 Å². The van der Waals surface area contributed by atoms with Crippen LogP contribution in [0.3, 0.4) is 0 Å². The standard InChI is InChI=1S/C26H24N2O2/c1-16-9-12-19(13-10-16)25-18(3)24(20-7-5-6-8-21(20)27-25)26(29)28-22-15-17(2)11-14-23(22)30-4/h5-15H,1-4H3,(H,28,29). The molecule has 150 valence electrons. The molecule has 0 fully saturated rings. The number of rotatable bonds is 4. The fourth-order valence-corrected chi connectivity index (χ4v) is 3.70. The lowest BCUT2D eigenvalue weighted by atomic mass is 9.96. The first-order valence-corrected chi connectivity index (χ1v) is 9.90. The number of fused-ring (bicyclic) bond motifs is 1. The number of pyridine rings is 1. The summed E-state index contributed by atoms with van der Waals surface area (Å²) in [5, 5.41) is 3.88. The summed E-state index contributed by atoms with van der Waals surface area (Å²) in [6.07, 6.45) is 0. The van der Waals surface area contributed by atoms with Crippen molar-refractivity contribution < 1.29 is 9.53 Å². The zero-order chi connectivity index (χ0) is 21.3. The first kappa shape index (κ1) is 19.6. The maximum atomic E-state index is 13.5. The molecule has 3 aromatic carbocycles. The highest BCUT2D eigenvalue weighted by Crippen LogP contribution is 2.32. The van der Waals surface area contributed by atoms with E-state index >= 15 is 0 Å². The van der Waals surface area contributed by atoms with Gasteiger partial charge >= 0.3 is 0 Å². The van der Waals surface area contributed by atoms with Crippen LogP contribution in [0.25, 0.3) is 22.2 Å². The van der Waals surface area contributed by atoms with Crippen molar-refractivity contribution in [3.8, 4) is 17.0 Å². The molecule has 0 atom stereocenters. The van der Waals surface area contributed by atoms with Crippen molar-refractivity contribution in [3.05, 3.63) is 89.0 Å². The molecule has 1 N–H and O–H groups in total. The predicted octanol–water partition coefficient (Wildman–Crippen LogP) is 6.09. The number of carbonyl (C=O) groups excluding carboxylic acids is 1. The van der Waals surface area contributed by atoms with Crippen LogP contribution in [0, 0.1) is 20.8 Å². The van der Waals surface area contributed by atoms with Crippen molar-refractivity contribution >= 4 is 22.5 Å². The lowest BCUT2D eigenvalue weighted by molar-refractivity contribution is 0.102. The predicted molar refractivity (Wildman–Crippen MR) is 122 cm³/mol. The van der Waals surface area contributed by atoms with Gasteiger partial charge in [-0.05, 0) is 50.1 Å². The first-order chi connectivity index (χ1) is 14.5. The lowest BCUT2D eigenvalue weighted by Gasteiger charge is -2.16. The molecule has 0 bridgehead atoms. The molecule has 4 nitrogen and oxygen atoms in total. The van der Waals surface area contributed by atoms with E-state index in [-0.39, 0.29) is 5.91 Å². The van der Waals surface area contributed by atoms with E-state index < -0.39 is 0 Å². The van der Waals surface area contributed by atoms with Crippen LogP contribution in [-0.4, -0.2) is 18.0 Å². The summed E-state index contributed by atoms with van der Waals surface area (Å²) >= 11 is 0. The number of carbonyl (C=O) groups is 1. The van der Waals surface area contributed by atoms with Gasteiger partial charge < -0.3 is 10.1 Å². The minimum absolute atomic E-state index is 0.177. The molecule has 1 heterocycles. The number of benzene rings is 3. The van der Waals surface area contributed by atoms with Gasteiger partial charge in [0, 0.05) is 10.9 Å². The zero-order valence-electron chi connectivity index (χ0n) is 17.6. The molecule has 1 aromatic heterocycles. The summed E-state index contributed by atoms with van der Waals surface area (Å²) in [7, 11) is 1.60. The third-order valence-electron chi connectivity index (χ3n) is 5.29. The largest absolute Gasteiger partial charge is 0.495 e. The van der Waals surface area contributed by atoms with Crippen LogP contribution in [0.5, 0.6) is 5.75 Å². The van der Waals surface area contributed by atoms with E-state index in [1.165, 1.54) is 5.56 Å². The molecule has 0 saturated heterocycles. The Labute approximate surface area is 176 Å². The lowest BCUT2D eigenvalue weighted by Crippen LogP contribution is -2.16. The summed E-state index contributed by atoms with van der Waals surface area (Å²) in [4.78, 5) is 18.3. The minimum Gasteiger partial charge on any atom is -0.495 e. The Morgan fingerprint density at radius 2 is 1.60 bits per heavy atom. The Morgan fingerprint density at radius 3 is 2.33 bits per heavy atom. The van der Waals surface area contributed by atoms with E-state index in [9.17, 15) is 4.79 Å². The fraction of sp³-hybridized carbons (Fsp3) is 0.154. The Kier molecular flexibility index (Phi) is 5.23. The molecule has 0 radical (unpaired) electrons. The third-order valence-corrected chi connectivity index (χ3v) is 5.29. The van der Waals surface area contributed by atoms with Gasteiger partial charge in [-0.1, -0.05) is 54.1 Å². The number of methoxy groups -OCH3 is 1. The number of anilines is 1. The highest BCUT2D eigenvalue weighted by molar-refractivity contribution is 6.14. The zero-order valence-corrected chi connectivity index (χ0v) is 17.6. The van der Waals surface area contributed by atoms with E-state index in [0.717, 1.165) is 33.3 Å². The Balaban J connectivity index is 1.87. The number of para-hydroxylation sites is 1. The normalized spacial score (nSPS) is 10.8. The number of ether oxygens (including phenoxy) is 1. The monoisotopic (exact) mass is 396 g/mol. The molecule has 0 spiro atoms. The molecule has 30 heavy (non-hydrogen) atoms. The van der Waals surface area contributed by atoms with Crippen LogP contribution < -0.4 is 10.1 Å². The molecule has 4 rings (SSSR count). The van der Waals surface area contributed by atoms with Crippen molar-refractivity contribution in [2.75, 3.05) is 12.4 Å². The van der Waals surface area contributed by atoms with Gasteiger partial charge in [-0.25, -0.2) is 4.98 Å². The maximum absolute atomic E-state index is 13.5. The number of amides is 1. The van der Waals surface area contributed by atoms with E-state index in [2.05, 4.69) is 24.4 Å². The van der Waals surface area contributed by atoms with E-state index in [1.54, 1.807) is 7.11 Å². The van der Waals surface area contributed by atoms with Crippen molar-refractivity contribution in [1.29, 1.82) is 0 Å². The molecule has 0 unspecified atom stereocenters. The number of hydrogen-bond acceptors (Lipinski definition) is 3. The van der Waals surface area contributed by atoms with Gasteiger partial charge in [0.1, 0.15) is 5.75 Å². The van der Waals surface area contributed by atoms with Gasteiger partial charge in [0.05, 0.1) is 29.6 Å². The van der Waals surface area contributed by atoms with E-state index in [4.69, 9.17) is 9.72 Å². The average molecular weight is 396 g/mol. The molecule has 0 aliphatic carbocycles. The van der Waals surface area contributed by atoms with E-state index in [1.807, 2.05) is 68.4 Å². The van der Waals surface area contributed by atoms with Crippen molar-refractivity contribution in [2.45, 2.75) is 20.8 Å². The third kappa shape index (κ3) is 3.64. The van der Waals surface area contributed by atoms with Gasteiger partial charge in [-0.15, -0.1) is 0 Å². The van der Waals surface area contributed by atoms with E-state index in [0.29, 0.717) is 17.0 Å². The number of aryl methyl sites for hydroxylation is 2. The molecule has 4 heteroatoms. The van der Waals surface area contributed by atoms with Gasteiger partial charge in [0.2, 0.25) is 0 Å². The van der Waals surface area contributed by atoms with Gasteiger partial charge in [-0.3, -0.25) is 4.79 Å². The van der Waals surface area contributed by atoms with Crippen LogP contribution in [0.2, 0.25) is 0 Å². The van der Waals surface area contributed by atoms with Crippen molar-refractivity contribution in [1.82, 2.24) is 4.98 Å². The average Bonchev–Trinajstić information content (AvgIpc) is 2.74. The van der Waals surface area contributed by atoms with Gasteiger partial charge in [-0.2, -0.15) is 0 Å². The maximum Gasteiger partial charge on any atom is 0.256 e. The highest BCUT2D eigenvalue weighted by atomic mass is 16.5. The number of aromatic nitrogens is 1. The minimum atomic E-state index is -0.177. The molecule has 0 saturated carbocycles. The summed E-state index contributed by atoms with van der Waals surface area (Å²) in [6.45, 7) is 5.99. The SMILES string of the molecule is COc1ccc(C)cc1NC(=O)c1c(C)c(-c2ccc(C)cc2)nc2ccccc12. The molecule has 0 aliphatic heterocycles. The molecule has 0 aliphatic rings. The van der Waals surface area contributed by atoms with Gasteiger partial charge in [0.25, 0.3) is 5.91 Å². The van der Waals surface area contributed by atoms with Crippen LogP contribution in [0.15, 0.2) is 66.7 Å². The molecule has 1 amide bonds. The number of hydrogen-bond donors (Lipinski definition) is 1. The second-order valence-electron chi connectivity index (χ2n) is 7.50. The topological polar surface area (TPSA) is 51.2 Å². The van der Waals surface area contributed by atoms with Crippen LogP contribution in [0.4, 0.5) is 5.69 Å². The Morgan fingerprint density at radius 1 is 0.900 bits per heavy atom. The van der Waals surface area contributed by atoms with Crippen molar-refractivity contribution in [2.24, 2.45) is 0 Å². The summed E-state index contributed by atoms with van der Waals surface area (Å²) < 4.78 is 5.43.